The summed E-state index contributed by atoms with van der Waals surface area (Å²) in [6, 6.07) is -0.627. The van der Waals surface area contributed by atoms with E-state index in [4.69, 9.17) is 10.8 Å². The van der Waals surface area contributed by atoms with Gasteiger partial charge < -0.3 is 10.8 Å². The predicted octanol–water partition coefficient (Wildman–Crippen LogP) is 2.60. The van der Waals surface area contributed by atoms with Crippen LogP contribution in [0.2, 0.25) is 0 Å². The third-order valence-electron chi connectivity index (χ3n) is 3.98. The summed E-state index contributed by atoms with van der Waals surface area (Å²) in [5, 5.41) is 8.33. The molecule has 0 radical (unpaired) electrons. The lowest BCUT2D eigenvalue weighted by atomic mass is 9.96. The van der Waals surface area contributed by atoms with E-state index in [1.165, 1.54) is 25.7 Å². The number of Topliss-reactive ketones (excluding diaryl/α,β-unsaturated/α-hetero) is 1. The molecule has 2 fully saturated rings. The van der Waals surface area contributed by atoms with Crippen LogP contribution in [0.3, 0.4) is 0 Å². The van der Waals surface area contributed by atoms with Gasteiger partial charge in [-0.05, 0) is 38.0 Å². The minimum absolute atomic E-state index is 0.368. The molecule has 0 unspecified atom stereocenters. The van der Waals surface area contributed by atoms with Gasteiger partial charge in [-0.3, -0.25) is 9.59 Å². The first kappa shape index (κ1) is 16.2. The molecular weight excluding hydrogens is 242 g/mol. The lowest BCUT2D eigenvalue weighted by Crippen LogP contribution is -2.30. The summed E-state index contributed by atoms with van der Waals surface area (Å²) < 4.78 is 0. The van der Waals surface area contributed by atoms with Crippen molar-refractivity contribution in [3.63, 3.8) is 0 Å². The molecule has 2 aliphatic carbocycles. The third-order valence-corrected chi connectivity index (χ3v) is 3.98. The van der Waals surface area contributed by atoms with Crippen molar-refractivity contribution in [3.8, 4) is 0 Å². The molecule has 110 valence electrons. The molecular formula is C15H27NO3. The average Bonchev–Trinajstić information content (AvgIpc) is 3.21. The standard InChI is InChI=1S/C9H16O.C6H11NO2/c1-3-9(7(2)10)6-8-4-5-8;7-5(6(8)9)3-4-1-2-4/h8-9H,3-6H2,1-2H3;4-5H,1-3,7H2,(H,8,9)/t9-;5-/m00/s1. The van der Waals surface area contributed by atoms with Crippen molar-refractivity contribution in [2.24, 2.45) is 23.5 Å². The van der Waals surface area contributed by atoms with Crippen LogP contribution in [0.15, 0.2) is 0 Å². The number of carbonyl (C=O) groups is 2. The van der Waals surface area contributed by atoms with Gasteiger partial charge in [-0.1, -0.05) is 32.6 Å². The number of rotatable bonds is 7. The van der Waals surface area contributed by atoms with Gasteiger partial charge in [0.05, 0.1) is 0 Å². The van der Waals surface area contributed by atoms with E-state index in [2.05, 4.69) is 6.92 Å². The van der Waals surface area contributed by atoms with Gasteiger partial charge in [-0.15, -0.1) is 0 Å². The first-order valence-corrected chi connectivity index (χ1v) is 7.42. The molecule has 0 amide bonds. The quantitative estimate of drug-likeness (QED) is 0.744. The Balaban J connectivity index is 0.000000191. The van der Waals surface area contributed by atoms with Gasteiger partial charge in [0.2, 0.25) is 0 Å². The summed E-state index contributed by atoms with van der Waals surface area (Å²) in [6.07, 6.45) is 7.92. The smallest absolute Gasteiger partial charge is 0.320 e. The van der Waals surface area contributed by atoms with Crippen LogP contribution in [-0.4, -0.2) is 22.9 Å². The fourth-order valence-corrected chi connectivity index (χ4v) is 2.19. The van der Waals surface area contributed by atoms with Crippen molar-refractivity contribution in [3.05, 3.63) is 0 Å². The maximum atomic E-state index is 10.9. The van der Waals surface area contributed by atoms with E-state index >= 15 is 0 Å². The number of carboxylic acids is 1. The van der Waals surface area contributed by atoms with Gasteiger partial charge in [-0.2, -0.15) is 0 Å². The molecule has 2 atom stereocenters. The van der Waals surface area contributed by atoms with Gasteiger partial charge in [0, 0.05) is 5.92 Å². The Bertz CT molecular complexity index is 309. The van der Waals surface area contributed by atoms with E-state index in [1.54, 1.807) is 6.92 Å². The Morgan fingerprint density at radius 2 is 1.63 bits per heavy atom. The Hall–Kier alpha value is -0.900. The SMILES string of the molecule is CC[C@@H](CC1CC1)C(C)=O.N[C@@H](CC1CC1)C(=O)O. The molecule has 3 N–H and O–H groups in total. The number of nitrogens with two attached hydrogens (primary N) is 1. The molecule has 0 aromatic carbocycles. The Kier molecular flexibility index (Phi) is 6.49. The maximum absolute atomic E-state index is 10.9. The molecule has 19 heavy (non-hydrogen) atoms. The topological polar surface area (TPSA) is 80.4 Å². The van der Waals surface area contributed by atoms with Crippen molar-refractivity contribution < 1.29 is 14.7 Å². The third kappa shape index (κ3) is 7.31. The van der Waals surface area contributed by atoms with E-state index in [0.717, 1.165) is 18.8 Å². The van der Waals surface area contributed by atoms with Crippen molar-refractivity contribution in [1.82, 2.24) is 0 Å². The summed E-state index contributed by atoms with van der Waals surface area (Å²) in [7, 11) is 0. The van der Waals surface area contributed by atoms with Gasteiger partial charge in [0.15, 0.2) is 0 Å². The molecule has 0 bridgehead atoms. The molecule has 2 aliphatic rings. The van der Waals surface area contributed by atoms with Crippen molar-refractivity contribution in [2.45, 2.75) is 64.8 Å². The Morgan fingerprint density at radius 1 is 1.16 bits per heavy atom. The zero-order chi connectivity index (χ0) is 14.4. The minimum Gasteiger partial charge on any atom is -0.480 e. The normalized spacial score (nSPS) is 21.0. The molecule has 4 nitrogen and oxygen atoms in total. The van der Waals surface area contributed by atoms with E-state index in [-0.39, 0.29) is 0 Å². The number of ketones is 1. The Labute approximate surface area is 115 Å². The number of hydrogen-bond donors (Lipinski definition) is 2. The molecule has 0 aromatic heterocycles. The van der Waals surface area contributed by atoms with Crippen LogP contribution in [0.1, 0.15) is 58.8 Å². The zero-order valence-corrected chi connectivity index (χ0v) is 12.1. The lowest BCUT2D eigenvalue weighted by molar-refractivity contribution is -0.138. The lowest BCUT2D eigenvalue weighted by Gasteiger charge is -2.08. The zero-order valence-electron chi connectivity index (χ0n) is 12.1. The second-order valence-corrected chi connectivity index (χ2v) is 6.02. The van der Waals surface area contributed by atoms with Crippen LogP contribution in [-0.2, 0) is 9.59 Å². The van der Waals surface area contributed by atoms with Crippen molar-refractivity contribution in [1.29, 1.82) is 0 Å². The van der Waals surface area contributed by atoms with Crippen LogP contribution >= 0.6 is 0 Å². The second kappa shape index (κ2) is 7.63. The number of aliphatic carboxylic acids is 1. The number of carbonyl (C=O) groups excluding carboxylic acids is 1. The van der Waals surface area contributed by atoms with Crippen molar-refractivity contribution in [2.75, 3.05) is 0 Å². The molecule has 2 saturated carbocycles. The van der Waals surface area contributed by atoms with E-state index in [9.17, 15) is 9.59 Å². The van der Waals surface area contributed by atoms with Crippen LogP contribution in [0.5, 0.6) is 0 Å². The highest BCUT2D eigenvalue weighted by Crippen LogP contribution is 2.36. The molecule has 0 heterocycles. The van der Waals surface area contributed by atoms with E-state index in [1.807, 2.05) is 0 Å². The first-order chi connectivity index (χ1) is 8.93. The summed E-state index contributed by atoms with van der Waals surface area (Å²) in [5.41, 5.74) is 5.26. The van der Waals surface area contributed by atoms with Crippen LogP contribution in [0, 0.1) is 17.8 Å². The molecule has 2 rings (SSSR count). The van der Waals surface area contributed by atoms with Gasteiger partial charge >= 0.3 is 5.97 Å². The molecule has 4 heteroatoms. The number of carboxylic acid groups (broad SMARTS) is 1. The Morgan fingerprint density at radius 3 is 1.95 bits per heavy atom. The maximum Gasteiger partial charge on any atom is 0.320 e. The monoisotopic (exact) mass is 269 g/mol. The number of hydrogen-bond acceptors (Lipinski definition) is 3. The van der Waals surface area contributed by atoms with Gasteiger partial charge in [-0.25, -0.2) is 0 Å². The van der Waals surface area contributed by atoms with Gasteiger partial charge in [0.1, 0.15) is 11.8 Å². The largest absolute Gasteiger partial charge is 0.480 e. The highest BCUT2D eigenvalue weighted by Gasteiger charge is 2.27. The molecule has 0 saturated heterocycles. The summed E-state index contributed by atoms with van der Waals surface area (Å²) in [6.45, 7) is 3.82. The molecule has 0 aliphatic heterocycles. The van der Waals surface area contributed by atoms with Crippen LogP contribution in [0.25, 0.3) is 0 Å². The average molecular weight is 269 g/mol. The van der Waals surface area contributed by atoms with Gasteiger partial charge in [0.25, 0.3) is 0 Å². The van der Waals surface area contributed by atoms with E-state index in [0.29, 0.717) is 24.0 Å². The molecule has 0 aromatic rings. The van der Waals surface area contributed by atoms with Crippen molar-refractivity contribution >= 4 is 11.8 Å². The highest BCUT2D eigenvalue weighted by atomic mass is 16.4. The predicted molar refractivity (Wildman–Crippen MR) is 74.8 cm³/mol. The fourth-order valence-electron chi connectivity index (χ4n) is 2.19. The molecule has 0 spiro atoms. The highest BCUT2D eigenvalue weighted by molar-refractivity contribution is 5.78. The minimum atomic E-state index is -0.873. The summed E-state index contributed by atoms with van der Waals surface area (Å²) >= 11 is 0. The summed E-state index contributed by atoms with van der Waals surface area (Å²) in [4.78, 5) is 21.1. The van der Waals surface area contributed by atoms with E-state index < -0.39 is 12.0 Å². The fraction of sp³-hybridized carbons (Fsp3) is 0.867. The van der Waals surface area contributed by atoms with Crippen LogP contribution < -0.4 is 5.73 Å². The second-order valence-electron chi connectivity index (χ2n) is 6.02. The summed E-state index contributed by atoms with van der Waals surface area (Å²) in [5.74, 6) is 1.38. The first-order valence-electron chi connectivity index (χ1n) is 7.42. The van der Waals surface area contributed by atoms with Crippen LogP contribution in [0.4, 0.5) is 0 Å².